The molecule has 0 spiro atoms. The average Bonchev–Trinajstić information content (AvgIpc) is 3.77. The highest BCUT2D eigenvalue weighted by Crippen LogP contribution is 2.53. The summed E-state index contributed by atoms with van der Waals surface area (Å²) in [7, 11) is 0. The summed E-state index contributed by atoms with van der Waals surface area (Å²) in [6.45, 7) is 10.5. The van der Waals surface area contributed by atoms with E-state index in [9.17, 15) is 9.59 Å². The Morgan fingerprint density at radius 3 is 1.21 bits per heavy atom. The van der Waals surface area contributed by atoms with Crippen LogP contribution in [0.15, 0.2) is 19.7 Å². The van der Waals surface area contributed by atoms with E-state index in [1.807, 2.05) is 9.80 Å². The number of amides is 2. The normalized spacial score (nSPS) is 17.1. The van der Waals surface area contributed by atoms with Crippen LogP contribution >= 0.6 is 54.5 Å². The Hall–Kier alpha value is -0.960. The van der Waals surface area contributed by atoms with Gasteiger partial charge in [-0.3, -0.25) is 9.59 Å². The fourth-order valence-corrected chi connectivity index (χ4v) is 10.7. The molecule has 0 radical (unpaired) electrons. The monoisotopic (exact) mass is 822 g/mol. The fourth-order valence-electron chi connectivity index (χ4n) is 7.45. The summed E-state index contributed by atoms with van der Waals surface area (Å²) in [5.41, 5.74) is 3.17. The van der Waals surface area contributed by atoms with E-state index in [0.29, 0.717) is 36.1 Å². The van der Waals surface area contributed by atoms with Crippen LogP contribution in [0.5, 0.6) is 0 Å². The SMILES string of the molecule is CCCCCCCCCCC(CC)CN1C(=O)/C(=C2\C(=O)N(CC(CC)CCCCCCCCCC)c3cc(Br)sc32)c2sc(Br)cc21. The van der Waals surface area contributed by atoms with Gasteiger partial charge in [-0.1, -0.05) is 143 Å². The third kappa shape index (κ3) is 10.5. The molecule has 48 heavy (non-hydrogen) atoms. The van der Waals surface area contributed by atoms with E-state index in [1.54, 1.807) is 22.7 Å². The molecule has 2 unspecified atom stereocenters. The molecule has 2 aromatic rings. The van der Waals surface area contributed by atoms with Crippen molar-refractivity contribution in [3.8, 4) is 0 Å². The summed E-state index contributed by atoms with van der Waals surface area (Å²) in [5, 5.41) is 0. The molecule has 2 aromatic heterocycles. The first-order chi connectivity index (χ1) is 23.3. The molecular weight excluding hydrogens is 764 g/mol. The zero-order chi connectivity index (χ0) is 34.5. The lowest BCUT2D eigenvalue weighted by atomic mass is 9.97. The minimum absolute atomic E-state index is 0.00442. The summed E-state index contributed by atoms with van der Waals surface area (Å²) in [6.07, 6.45) is 25.5. The van der Waals surface area contributed by atoms with E-state index < -0.39 is 0 Å². The zero-order valence-electron chi connectivity index (χ0n) is 30.1. The maximum absolute atomic E-state index is 14.4. The van der Waals surface area contributed by atoms with Crippen LogP contribution in [0, 0.1) is 11.8 Å². The van der Waals surface area contributed by atoms with Gasteiger partial charge in [-0.25, -0.2) is 0 Å². The lowest BCUT2D eigenvalue weighted by molar-refractivity contribution is -0.114. The molecule has 4 heterocycles. The predicted molar refractivity (Wildman–Crippen MR) is 218 cm³/mol. The number of hydrogen-bond acceptors (Lipinski definition) is 4. The summed E-state index contributed by atoms with van der Waals surface area (Å²) < 4.78 is 2.01. The van der Waals surface area contributed by atoms with Gasteiger partial charge in [0.05, 0.1) is 39.8 Å². The number of halogens is 2. The lowest BCUT2D eigenvalue weighted by Crippen LogP contribution is -2.34. The number of carbonyl (C=O) groups excluding carboxylic acids is 2. The number of anilines is 2. The lowest BCUT2D eigenvalue weighted by Gasteiger charge is -2.24. The Kier molecular flexibility index (Phi) is 17.2. The molecule has 0 saturated carbocycles. The van der Waals surface area contributed by atoms with E-state index in [0.717, 1.165) is 54.4 Å². The zero-order valence-corrected chi connectivity index (χ0v) is 35.0. The fraction of sp³-hybridized carbons (Fsp3) is 0.700. The first-order valence-electron chi connectivity index (χ1n) is 19.3. The van der Waals surface area contributed by atoms with Crippen LogP contribution in [0.4, 0.5) is 11.4 Å². The quantitative estimate of drug-likeness (QED) is 0.0781. The number of carbonyl (C=O) groups is 2. The molecule has 0 N–H and O–H groups in total. The van der Waals surface area contributed by atoms with Gasteiger partial charge in [-0.2, -0.15) is 0 Å². The van der Waals surface area contributed by atoms with Gasteiger partial charge >= 0.3 is 0 Å². The van der Waals surface area contributed by atoms with Gasteiger partial charge in [0.2, 0.25) is 0 Å². The van der Waals surface area contributed by atoms with E-state index in [1.165, 1.54) is 103 Å². The maximum Gasteiger partial charge on any atom is 0.260 e. The molecule has 2 aliphatic rings. The number of fused-ring (bicyclic) bond motifs is 2. The first-order valence-corrected chi connectivity index (χ1v) is 22.5. The molecular formula is C40H60Br2N2O2S2. The highest BCUT2D eigenvalue weighted by molar-refractivity contribution is 9.11. The molecule has 0 bridgehead atoms. The first kappa shape index (κ1) is 39.8. The summed E-state index contributed by atoms with van der Waals surface area (Å²) >= 11 is 10.6. The number of hydrogen-bond donors (Lipinski definition) is 0. The Morgan fingerprint density at radius 1 is 0.542 bits per heavy atom. The second kappa shape index (κ2) is 20.8. The average molecular weight is 825 g/mol. The maximum atomic E-state index is 14.4. The smallest absolute Gasteiger partial charge is 0.260 e. The van der Waals surface area contributed by atoms with Gasteiger partial charge < -0.3 is 9.80 Å². The minimum Gasteiger partial charge on any atom is -0.306 e. The predicted octanol–water partition coefficient (Wildman–Crippen LogP) is 14.1. The van der Waals surface area contributed by atoms with Crippen LogP contribution in [-0.2, 0) is 9.59 Å². The van der Waals surface area contributed by atoms with Crippen molar-refractivity contribution in [2.75, 3.05) is 22.9 Å². The molecule has 0 saturated heterocycles. The molecule has 2 amide bonds. The summed E-state index contributed by atoms with van der Waals surface area (Å²) in [6, 6.07) is 4.18. The topological polar surface area (TPSA) is 40.6 Å². The van der Waals surface area contributed by atoms with Crippen molar-refractivity contribution in [1.82, 2.24) is 0 Å². The summed E-state index contributed by atoms with van der Waals surface area (Å²) in [4.78, 5) is 34.7. The summed E-state index contributed by atoms with van der Waals surface area (Å²) in [5.74, 6) is 0.914. The van der Waals surface area contributed by atoms with Crippen LogP contribution in [-0.4, -0.2) is 24.9 Å². The third-order valence-electron chi connectivity index (χ3n) is 10.5. The Labute approximate surface area is 316 Å². The van der Waals surface area contributed by atoms with Crippen LogP contribution in [0.1, 0.15) is 166 Å². The molecule has 268 valence electrons. The van der Waals surface area contributed by atoms with E-state index >= 15 is 0 Å². The third-order valence-corrected chi connectivity index (χ3v) is 13.8. The Morgan fingerprint density at radius 2 is 0.875 bits per heavy atom. The Bertz CT molecular complexity index is 1250. The van der Waals surface area contributed by atoms with E-state index in [-0.39, 0.29) is 11.8 Å². The van der Waals surface area contributed by atoms with E-state index in [4.69, 9.17) is 0 Å². The molecule has 0 fully saturated rings. The van der Waals surface area contributed by atoms with Crippen molar-refractivity contribution in [2.45, 2.75) is 156 Å². The molecule has 4 rings (SSSR count). The van der Waals surface area contributed by atoms with Gasteiger partial charge in [0.25, 0.3) is 11.8 Å². The highest BCUT2D eigenvalue weighted by Gasteiger charge is 2.45. The van der Waals surface area contributed by atoms with Crippen molar-refractivity contribution in [1.29, 1.82) is 0 Å². The minimum atomic E-state index is 0.00442. The van der Waals surface area contributed by atoms with Gasteiger partial charge in [0.1, 0.15) is 0 Å². The molecule has 8 heteroatoms. The second-order valence-electron chi connectivity index (χ2n) is 14.2. The standard InChI is InChI=1S/C40H60Br2N2O2S2/c1-5-9-11-13-15-17-19-21-23-29(7-3)27-43-31-25-33(41)47-37(31)35(39(43)45)36-38-32(26-34(42)48-38)44(40(36)46)28-30(8-4)24-22-20-18-16-14-12-10-6-2/h25-26,29-30H,5-24,27-28H2,1-4H3/b36-35-. The van der Waals surface area contributed by atoms with Gasteiger partial charge in [0, 0.05) is 13.1 Å². The van der Waals surface area contributed by atoms with Crippen molar-refractivity contribution in [3.05, 3.63) is 29.5 Å². The van der Waals surface area contributed by atoms with Gasteiger partial charge in [-0.15, -0.1) is 22.7 Å². The molecule has 4 nitrogen and oxygen atoms in total. The number of unbranched alkanes of at least 4 members (excludes halogenated alkanes) is 14. The van der Waals surface area contributed by atoms with Gasteiger partial charge in [-0.05, 0) is 68.7 Å². The van der Waals surface area contributed by atoms with Crippen LogP contribution in [0.3, 0.4) is 0 Å². The van der Waals surface area contributed by atoms with Crippen molar-refractivity contribution in [3.63, 3.8) is 0 Å². The number of thiophene rings is 2. The second-order valence-corrected chi connectivity index (χ2v) is 19.0. The Balaban J connectivity index is 1.45. The largest absolute Gasteiger partial charge is 0.306 e. The molecule has 2 aliphatic heterocycles. The van der Waals surface area contributed by atoms with Crippen molar-refractivity contribution >= 4 is 88.9 Å². The molecule has 0 aliphatic carbocycles. The van der Waals surface area contributed by atoms with Crippen molar-refractivity contribution < 1.29 is 9.59 Å². The number of rotatable bonds is 24. The highest BCUT2D eigenvalue weighted by atomic mass is 79.9. The van der Waals surface area contributed by atoms with Crippen LogP contribution in [0.2, 0.25) is 0 Å². The van der Waals surface area contributed by atoms with Crippen LogP contribution < -0.4 is 9.80 Å². The van der Waals surface area contributed by atoms with Gasteiger partial charge in [0.15, 0.2) is 0 Å². The molecule has 0 aromatic carbocycles. The number of nitrogens with zero attached hydrogens (tertiary/aromatic N) is 2. The van der Waals surface area contributed by atoms with Crippen molar-refractivity contribution in [2.24, 2.45) is 11.8 Å². The molecule has 2 atom stereocenters. The van der Waals surface area contributed by atoms with Crippen LogP contribution in [0.25, 0.3) is 11.1 Å². The van der Waals surface area contributed by atoms with E-state index in [2.05, 4.69) is 71.7 Å².